The van der Waals surface area contributed by atoms with Gasteiger partial charge in [-0.25, -0.2) is 13.8 Å². The van der Waals surface area contributed by atoms with Gasteiger partial charge in [0.1, 0.15) is 23.0 Å². The number of nitrogens with zero attached hydrogens (tertiary/aromatic N) is 2. The number of alkyl halides is 4. The summed E-state index contributed by atoms with van der Waals surface area (Å²) in [7, 11) is 0. The molecule has 1 unspecified atom stereocenters. The van der Waals surface area contributed by atoms with E-state index in [1.807, 2.05) is 0 Å². The van der Waals surface area contributed by atoms with Crippen molar-refractivity contribution >= 4 is 34.7 Å². The van der Waals surface area contributed by atoms with E-state index in [4.69, 9.17) is 22.1 Å². The summed E-state index contributed by atoms with van der Waals surface area (Å²) in [5.41, 5.74) is 1.76. The van der Waals surface area contributed by atoms with E-state index in [1.54, 1.807) is 0 Å². The maximum absolute atomic E-state index is 14.2. The number of hydrogen-bond donors (Lipinski definition) is 2. The monoisotopic (exact) mass is 506 g/mol. The summed E-state index contributed by atoms with van der Waals surface area (Å²) in [6.07, 6.45) is -3.69. The van der Waals surface area contributed by atoms with Crippen LogP contribution in [-0.4, -0.2) is 34.3 Å². The molecule has 0 fully saturated rings. The first-order valence-electron chi connectivity index (χ1n) is 9.33. The quantitative estimate of drug-likeness (QED) is 0.333. The zero-order valence-corrected chi connectivity index (χ0v) is 18.2. The summed E-state index contributed by atoms with van der Waals surface area (Å²) >= 11 is 6.68. The lowest BCUT2D eigenvalue weighted by atomic mass is 10.0. The third-order valence-electron chi connectivity index (χ3n) is 4.42. The van der Waals surface area contributed by atoms with Crippen molar-refractivity contribution in [1.82, 2.24) is 9.36 Å². The normalized spacial score (nSPS) is 12.5. The number of pyridine rings is 1. The molecule has 2 heterocycles. The van der Waals surface area contributed by atoms with Crippen LogP contribution >= 0.6 is 23.1 Å². The molecule has 0 aliphatic heterocycles. The van der Waals surface area contributed by atoms with Gasteiger partial charge in [0.2, 0.25) is 5.06 Å². The molecule has 3 N–H and O–H groups in total. The van der Waals surface area contributed by atoms with E-state index in [9.17, 15) is 26.7 Å². The second-order valence-corrected chi connectivity index (χ2v) is 7.81. The van der Waals surface area contributed by atoms with E-state index in [0.29, 0.717) is 6.07 Å². The van der Waals surface area contributed by atoms with Crippen molar-refractivity contribution < 1.29 is 31.5 Å². The van der Waals surface area contributed by atoms with Crippen molar-refractivity contribution in [3.8, 4) is 16.3 Å². The molecule has 0 saturated carbocycles. The van der Waals surface area contributed by atoms with E-state index >= 15 is 0 Å². The molecule has 0 saturated heterocycles. The molecule has 33 heavy (non-hydrogen) atoms. The first-order chi connectivity index (χ1) is 15.7. The summed E-state index contributed by atoms with van der Waals surface area (Å²) in [6, 6.07) is 3.94. The molecule has 6 nitrogen and oxygen atoms in total. The van der Waals surface area contributed by atoms with Crippen molar-refractivity contribution in [2.45, 2.75) is 6.18 Å². The summed E-state index contributed by atoms with van der Waals surface area (Å²) in [6.45, 7) is 0.426. The van der Waals surface area contributed by atoms with Gasteiger partial charge in [-0.3, -0.25) is 4.79 Å². The molecule has 176 valence electrons. The minimum atomic E-state index is -4.97. The van der Waals surface area contributed by atoms with E-state index in [-0.39, 0.29) is 35.7 Å². The lowest BCUT2D eigenvalue weighted by molar-refractivity contribution is -0.137. The smallest absolute Gasteiger partial charge is 0.418 e. The molecule has 1 amide bonds. The Balaban J connectivity index is 1.92. The molecule has 0 bridgehead atoms. The van der Waals surface area contributed by atoms with Gasteiger partial charge in [-0.2, -0.15) is 17.5 Å². The molecule has 3 aromatic rings. The van der Waals surface area contributed by atoms with Crippen molar-refractivity contribution in [2.24, 2.45) is 11.7 Å². The standard InChI is InChI=1S/C20H16ClF5N4O2S/c21-6-10(7-27)9-32-19-15(8-28-33-19)30-18(31)14-5-4-11(20(24,25)26)17(29-14)16-12(22)2-1-3-13(16)23/h1-5,8,10H,6-7,9,27H2,(H,30,31). The number of anilines is 1. The Morgan fingerprint density at radius 2 is 1.91 bits per heavy atom. The molecular formula is C20H16ClF5N4O2S. The van der Waals surface area contributed by atoms with E-state index in [0.717, 1.165) is 35.8 Å². The molecule has 0 aliphatic carbocycles. The number of carbonyl (C=O) groups excluding carboxylic acids is 1. The van der Waals surface area contributed by atoms with E-state index in [1.165, 1.54) is 6.20 Å². The fourth-order valence-electron chi connectivity index (χ4n) is 2.70. The van der Waals surface area contributed by atoms with Crippen LogP contribution in [0.15, 0.2) is 36.5 Å². The van der Waals surface area contributed by atoms with Crippen LogP contribution in [0.1, 0.15) is 16.1 Å². The SMILES string of the molecule is NCC(CCl)COc1sncc1NC(=O)c1ccc(C(F)(F)F)c(-c2c(F)cccc2F)n1. The molecule has 13 heteroatoms. The van der Waals surface area contributed by atoms with Crippen molar-refractivity contribution in [2.75, 3.05) is 24.3 Å². The molecule has 1 aromatic carbocycles. The number of nitrogens with two attached hydrogens (primary N) is 1. The second kappa shape index (κ2) is 10.4. The Bertz CT molecular complexity index is 1120. The van der Waals surface area contributed by atoms with Gasteiger partial charge in [0.25, 0.3) is 5.91 Å². The Kier molecular flexibility index (Phi) is 7.82. The van der Waals surface area contributed by atoms with Gasteiger partial charge in [0.05, 0.1) is 29.6 Å². The molecular weight excluding hydrogens is 491 g/mol. The Morgan fingerprint density at radius 1 is 1.21 bits per heavy atom. The third-order valence-corrected chi connectivity index (χ3v) is 5.57. The van der Waals surface area contributed by atoms with Crippen molar-refractivity contribution in [1.29, 1.82) is 0 Å². The van der Waals surface area contributed by atoms with Gasteiger partial charge in [-0.05, 0) is 30.8 Å². The van der Waals surface area contributed by atoms with Crippen molar-refractivity contribution in [3.05, 3.63) is 59.4 Å². The largest absolute Gasteiger partial charge is 0.481 e. The molecule has 0 spiro atoms. The van der Waals surface area contributed by atoms with Gasteiger partial charge in [-0.15, -0.1) is 11.6 Å². The second-order valence-electron chi connectivity index (χ2n) is 6.74. The first kappa shape index (κ1) is 24.8. The first-order valence-corrected chi connectivity index (χ1v) is 10.6. The Hall–Kier alpha value is -2.83. The Labute approximate surface area is 193 Å². The lowest BCUT2D eigenvalue weighted by Gasteiger charge is -2.15. The highest BCUT2D eigenvalue weighted by Crippen LogP contribution is 2.38. The van der Waals surface area contributed by atoms with Crippen LogP contribution in [0.2, 0.25) is 0 Å². The van der Waals surface area contributed by atoms with Crippen LogP contribution < -0.4 is 15.8 Å². The summed E-state index contributed by atoms with van der Waals surface area (Å²) in [5.74, 6) is -3.33. The van der Waals surface area contributed by atoms with Crippen LogP contribution in [0.5, 0.6) is 5.06 Å². The fourth-order valence-corrected chi connectivity index (χ4v) is 3.49. The maximum atomic E-state index is 14.2. The van der Waals surface area contributed by atoms with Crippen molar-refractivity contribution in [3.63, 3.8) is 0 Å². The van der Waals surface area contributed by atoms with Gasteiger partial charge in [0.15, 0.2) is 0 Å². The van der Waals surface area contributed by atoms with Crippen LogP contribution in [0.4, 0.5) is 27.6 Å². The number of nitrogens with one attached hydrogen (secondary N) is 1. The minimum absolute atomic E-state index is 0.135. The van der Waals surface area contributed by atoms with Crippen LogP contribution in [-0.2, 0) is 6.18 Å². The molecule has 2 aromatic heterocycles. The number of benzene rings is 1. The van der Waals surface area contributed by atoms with Crippen LogP contribution in [0.25, 0.3) is 11.3 Å². The van der Waals surface area contributed by atoms with Crippen LogP contribution in [0.3, 0.4) is 0 Å². The maximum Gasteiger partial charge on any atom is 0.418 e. The zero-order chi connectivity index (χ0) is 24.2. The predicted molar refractivity (Wildman–Crippen MR) is 113 cm³/mol. The molecule has 0 radical (unpaired) electrons. The number of carbonyl (C=O) groups is 1. The highest BCUT2D eigenvalue weighted by Gasteiger charge is 2.36. The lowest BCUT2D eigenvalue weighted by Crippen LogP contribution is -2.23. The highest BCUT2D eigenvalue weighted by molar-refractivity contribution is 7.08. The molecule has 1 atom stereocenters. The van der Waals surface area contributed by atoms with Crippen LogP contribution in [0, 0.1) is 17.6 Å². The van der Waals surface area contributed by atoms with E-state index in [2.05, 4.69) is 14.7 Å². The van der Waals surface area contributed by atoms with Gasteiger partial charge >= 0.3 is 6.18 Å². The number of hydrogen-bond acceptors (Lipinski definition) is 6. The summed E-state index contributed by atoms with van der Waals surface area (Å²) < 4.78 is 78.3. The number of halogens is 6. The molecule has 3 rings (SSSR count). The average molecular weight is 507 g/mol. The fraction of sp³-hybridized carbons (Fsp3) is 0.250. The number of rotatable bonds is 8. The van der Waals surface area contributed by atoms with E-state index < -0.39 is 46.2 Å². The number of aromatic nitrogens is 2. The third kappa shape index (κ3) is 5.75. The number of ether oxygens (including phenoxy) is 1. The molecule has 0 aliphatic rings. The Morgan fingerprint density at radius 3 is 2.52 bits per heavy atom. The predicted octanol–water partition coefficient (Wildman–Crippen LogP) is 4.95. The van der Waals surface area contributed by atoms with Gasteiger partial charge in [0, 0.05) is 23.3 Å². The van der Waals surface area contributed by atoms with Gasteiger partial charge in [-0.1, -0.05) is 6.07 Å². The summed E-state index contributed by atoms with van der Waals surface area (Å²) in [5, 5.41) is 2.64. The average Bonchev–Trinajstić information content (AvgIpc) is 3.20. The zero-order valence-electron chi connectivity index (χ0n) is 16.6. The topological polar surface area (TPSA) is 90.1 Å². The minimum Gasteiger partial charge on any atom is -0.481 e. The summed E-state index contributed by atoms with van der Waals surface area (Å²) in [4.78, 5) is 16.3. The van der Waals surface area contributed by atoms with Gasteiger partial charge < -0.3 is 15.8 Å². The number of amides is 1. The highest BCUT2D eigenvalue weighted by atomic mass is 35.5.